The number of aromatic amines is 1. The second kappa shape index (κ2) is 8.28. The molecule has 2 aromatic carbocycles. The number of amides is 1. The van der Waals surface area contributed by atoms with Crippen LogP contribution in [0.3, 0.4) is 0 Å². The van der Waals surface area contributed by atoms with Gasteiger partial charge in [0.1, 0.15) is 5.75 Å². The number of aromatic nitrogens is 2. The van der Waals surface area contributed by atoms with E-state index in [0.29, 0.717) is 24.2 Å². The van der Waals surface area contributed by atoms with E-state index in [1.807, 2.05) is 18.2 Å². The van der Waals surface area contributed by atoms with Crippen LogP contribution in [0.15, 0.2) is 54.7 Å². The maximum Gasteiger partial charge on any atom is 0.487 e. The molecule has 1 spiro atoms. The highest BCUT2D eigenvalue weighted by molar-refractivity contribution is 7.88. The molecule has 1 N–H and O–H groups in total. The Bertz CT molecular complexity index is 1370. The number of sulfonamides is 1. The first-order chi connectivity index (χ1) is 16.5. The summed E-state index contributed by atoms with van der Waals surface area (Å²) in [6.45, 7) is 0.402. The van der Waals surface area contributed by atoms with E-state index >= 15 is 0 Å². The lowest BCUT2D eigenvalue weighted by molar-refractivity contribution is -0.123. The van der Waals surface area contributed by atoms with Gasteiger partial charge in [-0.15, -0.1) is 8.78 Å². The lowest BCUT2D eigenvalue weighted by atomic mass is 9.72. The Labute approximate surface area is 205 Å². The summed E-state index contributed by atoms with van der Waals surface area (Å²) >= 11 is 4.86. The molecule has 0 atom stereocenters. The van der Waals surface area contributed by atoms with E-state index in [0.717, 1.165) is 23.1 Å². The number of H-pyrrole nitrogens is 1. The number of piperidine rings is 1. The van der Waals surface area contributed by atoms with Gasteiger partial charge in [0, 0.05) is 47.7 Å². The molecule has 1 saturated heterocycles. The van der Waals surface area contributed by atoms with Gasteiger partial charge in [0.15, 0.2) is 0 Å². The van der Waals surface area contributed by atoms with Crippen molar-refractivity contribution >= 4 is 38.9 Å². The average Bonchev–Trinajstić information content (AvgIpc) is 3.40. The van der Waals surface area contributed by atoms with Crippen molar-refractivity contribution in [3.05, 3.63) is 60.3 Å². The lowest BCUT2D eigenvalue weighted by Crippen LogP contribution is -2.49. The van der Waals surface area contributed by atoms with Gasteiger partial charge in [-0.25, -0.2) is 12.7 Å². The number of anilines is 2. The molecular formula is C23H21ClF2N4O4S. The zero-order chi connectivity index (χ0) is 25.0. The summed E-state index contributed by atoms with van der Waals surface area (Å²) < 4.78 is 56.1. The van der Waals surface area contributed by atoms with Crippen molar-refractivity contribution in [2.45, 2.75) is 23.8 Å². The van der Waals surface area contributed by atoms with Crippen LogP contribution in [0.2, 0.25) is 0 Å². The second-order valence-electron chi connectivity index (χ2n) is 8.60. The number of nitrogens with one attached hydrogen (secondary N) is 1. The third-order valence-corrected chi connectivity index (χ3v) is 7.92. The number of alkyl halides is 3. The van der Waals surface area contributed by atoms with Crippen LogP contribution >= 0.6 is 11.6 Å². The Balaban J connectivity index is 1.61. The molecule has 1 aromatic heterocycles. The zero-order valence-corrected chi connectivity index (χ0v) is 20.1. The minimum absolute atomic E-state index is 0.150. The molecule has 1 amide bonds. The molecule has 35 heavy (non-hydrogen) atoms. The van der Waals surface area contributed by atoms with E-state index < -0.39 is 21.0 Å². The summed E-state index contributed by atoms with van der Waals surface area (Å²) in [6.07, 6.45) is 3.37. The average molecular weight is 523 g/mol. The fourth-order valence-electron chi connectivity index (χ4n) is 5.01. The Morgan fingerprint density at radius 2 is 1.80 bits per heavy atom. The highest BCUT2D eigenvalue weighted by Gasteiger charge is 2.54. The van der Waals surface area contributed by atoms with Gasteiger partial charge in [0.2, 0.25) is 15.9 Å². The Morgan fingerprint density at radius 3 is 2.37 bits per heavy atom. The molecule has 12 heteroatoms. The largest absolute Gasteiger partial charge is 0.487 e. The van der Waals surface area contributed by atoms with Gasteiger partial charge in [-0.3, -0.25) is 14.8 Å². The fraction of sp³-hybridized carbons (Fsp3) is 0.304. The zero-order valence-electron chi connectivity index (χ0n) is 18.5. The van der Waals surface area contributed by atoms with Crippen LogP contribution in [0.5, 0.6) is 5.75 Å². The van der Waals surface area contributed by atoms with Crippen LogP contribution < -0.4 is 9.64 Å². The maximum atomic E-state index is 14.1. The second-order valence-corrected chi connectivity index (χ2v) is 11.0. The van der Waals surface area contributed by atoms with Gasteiger partial charge < -0.3 is 4.74 Å². The van der Waals surface area contributed by atoms with Crippen LogP contribution in [0, 0.1) is 0 Å². The first kappa shape index (κ1) is 23.7. The van der Waals surface area contributed by atoms with Crippen molar-refractivity contribution in [2.75, 3.05) is 24.2 Å². The number of fused-ring (bicyclic) bond motifs is 2. The van der Waals surface area contributed by atoms with Crippen LogP contribution in [0.25, 0.3) is 11.3 Å². The van der Waals surface area contributed by atoms with Crippen LogP contribution in [0.4, 0.5) is 20.2 Å². The summed E-state index contributed by atoms with van der Waals surface area (Å²) in [6, 6.07) is 13.0. The number of rotatable bonds is 5. The highest BCUT2D eigenvalue weighted by Crippen LogP contribution is 2.54. The standard InChI is InChI=1S/C23H21ClF2N4O4S/c1-35(32,33)29-13-10-22(11-14-29)20-17(18-9-12-27-28-18)3-2-4-19(20)30(21(22)31)15-5-7-16(8-6-15)34-23(24,25)26/h2-9,12H,10-11,13-14H2,1H3,(H,27,28). The van der Waals surface area contributed by atoms with Gasteiger partial charge >= 0.3 is 5.57 Å². The molecule has 0 saturated carbocycles. The molecule has 0 radical (unpaired) electrons. The van der Waals surface area contributed by atoms with Crippen molar-refractivity contribution in [2.24, 2.45) is 0 Å². The summed E-state index contributed by atoms with van der Waals surface area (Å²) in [4.78, 5) is 15.6. The first-order valence-electron chi connectivity index (χ1n) is 10.8. The van der Waals surface area contributed by atoms with Gasteiger partial charge in [-0.2, -0.15) is 5.10 Å². The van der Waals surface area contributed by atoms with Crippen molar-refractivity contribution in [3.63, 3.8) is 0 Å². The molecule has 0 unspecified atom stereocenters. The number of halogens is 3. The summed E-state index contributed by atoms with van der Waals surface area (Å²) in [5.41, 5.74) is -1.39. The van der Waals surface area contributed by atoms with Gasteiger partial charge in [0.25, 0.3) is 0 Å². The summed E-state index contributed by atoms with van der Waals surface area (Å²) in [7, 11) is -3.40. The van der Waals surface area contributed by atoms with E-state index in [9.17, 15) is 22.0 Å². The Kier molecular flexibility index (Phi) is 5.61. The SMILES string of the molecule is CS(=O)(=O)N1CCC2(CC1)C(=O)N(c1ccc(OC(F)(F)Cl)cc1)c1cccc(-c3ccn[nH]3)c12. The smallest absolute Gasteiger partial charge is 0.420 e. The number of hydrogen-bond acceptors (Lipinski definition) is 5. The van der Waals surface area contributed by atoms with Gasteiger partial charge in [-0.05, 0) is 49.2 Å². The first-order valence-corrected chi connectivity index (χ1v) is 13.0. The monoisotopic (exact) mass is 522 g/mol. The maximum absolute atomic E-state index is 14.1. The third-order valence-electron chi connectivity index (χ3n) is 6.54. The fourth-order valence-corrected chi connectivity index (χ4v) is 5.94. The van der Waals surface area contributed by atoms with E-state index in [1.54, 1.807) is 17.2 Å². The van der Waals surface area contributed by atoms with Crippen LogP contribution in [-0.4, -0.2) is 53.7 Å². The normalized spacial score (nSPS) is 18.2. The molecule has 1 fully saturated rings. The summed E-state index contributed by atoms with van der Waals surface area (Å²) in [5, 5.41) is 6.99. The minimum atomic E-state index is -3.85. The van der Waals surface area contributed by atoms with Gasteiger partial charge in [-0.1, -0.05) is 12.1 Å². The van der Waals surface area contributed by atoms with E-state index in [1.165, 1.54) is 28.6 Å². The summed E-state index contributed by atoms with van der Waals surface area (Å²) in [5.74, 6) is -0.355. The number of carbonyl (C=O) groups is 1. The van der Waals surface area contributed by atoms with Crippen molar-refractivity contribution in [1.29, 1.82) is 0 Å². The third kappa shape index (κ3) is 4.17. The van der Waals surface area contributed by atoms with E-state index in [-0.39, 0.29) is 24.7 Å². The number of hydrogen-bond donors (Lipinski definition) is 1. The van der Waals surface area contributed by atoms with Crippen molar-refractivity contribution < 1.29 is 26.7 Å². The predicted octanol–water partition coefficient (Wildman–Crippen LogP) is 4.22. The molecule has 3 heterocycles. The molecule has 2 aliphatic rings. The Hall–Kier alpha value is -3.02. The quantitative estimate of drug-likeness (QED) is 0.506. The Morgan fingerprint density at radius 1 is 1.11 bits per heavy atom. The molecule has 8 nitrogen and oxygen atoms in total. The van der Waals surface area contributed by atoms with Crippen molar-refractivity contribution in [3.8, 4) is 17.0 Å². The minimum Gasteiger partial charge on any atom is -0.420 e. The predicted molar refractivity (Wildman–Crippen MR) is 126 cm³/mol. The molecule has 5 rings (SSSR count). The van der Waals surface area contributed by atoms with Crippen molar-refractivity contribution in [1.82, 2.24) is 14.5 Å². The topological polar surface area (TPSA) is 95.6 Å². The number of carbonyl (C=O) groups excluding carboxylic acids is 1. The molecule has 0 bridgehead atoms. The van der Waals surface area contributed by atoms with Crippen LogP contribution in [0.1, 0.15) is 18.4 Å². The number of ether oxygens (including phenoxy) is 1. The molecule has 2 aliphatic heterocycles. The van der Waals surface area contributed by atoms with Crippen LogP contribution in [-0.2, 0) is 20.2 Å². The van der Waals surface area contributed by atoms with E-state index in [4.69, 9.17) is 11.6 Å². The molecule has 184 valence electrons. The molecular weight excluding hydrogens is 502 g/mol. The van der Waals surface area contributed by atoms with E-state index in [2.05, 4.69) is 14.9 Å². The van der Waals surface area contributed by atoms with Gasteiger partial charge in [0.05, 0.1) is 23.1 Å². The number of nitrogens with zero attached hydrogens (tertiary/aromatic N) is 3. The molecule has 0 aliphatic carbocycles. The highest BCUT2D eigenvalue weighted by atomic mass is 35.5. The lowest BCUT2D eigenvalue weighted by Gasteiger charge is -2.38. The molecule has 3 aromatic rings. The number of benzene rings is 2.